The van der Waals surface area contributed by atoms with E-state index in [-0.39, 0.29) is 0 Å². The Morgan fingerprint density at radius 2 is 2.00 bits per heavy atom. The zero-order chi connectivity index (χ0) is 10.1. The van der Waals surface area contributed by atoms with Gasteiger partial charge in [0, 0.05) is 24.6 Å². The number of aryl methyl sites for hydroxylation is 1. The van der Waals surface area contributed by atoms with E-state index in [0.717, 1.165) is 22.4 Å². The summed E-state index contributed by atoms with van der Waals surface area (Å²) in [7, 11) is 5.25. The quantitative estimate of drug-likeness (QED) is 0.723. The first kappa shape index (κ1) is 8.94. The Morgan fingerprint density at radius 1 is 1.21 bits per heavy atom. The molecular formula is C11H12NO2. The summed E-state index contributed by atoms with van der Waals surface area (Å²) < 4.78 is 12.4. The summed E-state index contributed by atoms with van der Waals surface area (Å²) in [6.45, 7) is 0. The Bertz CT molecular complexity index is 460. The van der Waals surface area contributed by atoms with E-state index in [0.29, 0.717) is 0 Å². The first-order valence-corrected chi connectivity index (χ1v) is 4.35. The molecular weight excluding hydrogens is 178 g/mol. The highest BCUT2D eigenvalue weighted by Gasteiger charge is 2.07. The summed E-state index contributed by atoms with van der Waals surface area (Å²) in [5, 5.41) is 1.05. The first-order chi connectivity index (χ1) is 6.76. The largest absolute Gasteiger partial charge is 0.497 e. The van der Waals surface area contributed by atoms with Gasteiger partial charge in [0.15, 0.2) is 0 Å². The van der Waals surface area contributed by atoms with Crippen LogP contribution in [0.4, 0.5) is 0 Å². The van der Waals surface area contributed by atoms with Gasteiger partial charge >= 0.3 is 0 Å². The monoisotopic (exact) mass is 190 g/mol. The molecule has 0 spiro atoms. The van der Waals surface area contributed by atoms with Gasteiger partial charge in [-0.15, -0.1) is 0 Å². The number of ether oxygens (including phenoxy) is 2. The lowest BCUT2D eigenvalue weighted by atomic mass is 10.2. The molecule has 0 unspecified atom stereocenters. The van der Waals surface area contributed by atoms with Crippen molar-refractivity contribution in [3.63, 3.8) is 0 Å². The van der Waals surface area contributed by atoms with Crippen molar-refractivity contribution in [2.24, 2.45) is 7.05 Å². The number of fused-ring (bicyclic) bond motifs is 1. The second kappa shape index (κ2) is 3.25. The predicted octanol–water partition coefficient (Wildman–Crippen LogP) is 2.00. The van der Waals surface area contributed by atoms with Crippen molar-refractivity contribution in [2.75, 3.05) is 14.2 Å². The van der Waals surface area contributed by atoms with E-state index in [2.05, 4.69) is 6.20 Å². The fraction of sp³-hybridized carbons (Fsp3) is 0.273. The fourth-order valence-electron chi connectivity index (χ4n) is 1.53. The van der Waals surface area contributed by atoms with Gasteiger partial charge < -0.3 is 14.0 Å². The van der Waals surface area contributed by atoms with Crippen LogP contribution in [-0.4, -0.2) is 18.8 Å². The summed E-state index contributed by atoms with van der Waals surface area (Å²) in [5.74, 6) is 1.61. The molecule has 0 aliphatic heterocycles. The molecule has 3 heteroatoms. The summed E-state index contributed by atoms with van der Waals surface area (Å²) in [6.07, 6.45) is 3.08. The standard InChI is InChI=1S/C11H12NO2/c1-12-5-4-9-10(12)6-8(13-2)7-11(9)14-3/h4,6-7H,1-3H3. The number of rotatable bonds is 2. The van der Waals surface area contributed by atoms with Crippen LogP contribution in [0.3, 0.4) is 0 Å². The van der Waals surface area contributed by atoms with Gasteiger partial charge in [-0.2, -0.15) is 0 Å². The van der Waals surface area contributed by atoms with E-state index < -0.39 is 0 Å². The average Bonchev–Trinajstić information content (AvgIpc) is 2.59. The van der Waals surface area contributed by atoms with Crippen molar-refractivity contribution in [2.45, 2.75) is 0 Å². The van der Waals surface area contributed by atoms with Gasteiger partial charge in [-0.05, 0) is 6.07 Å². The third kappa shape index (κ3) is 1.21. The summed E-state index contributed by atoms with van der Waals surface area (Å²) in [4.78, 5) is 0. The predicted molar refractivity (Wildman–Crippen MR) is 54.9 cm³/mol. The van der Waals surface area contributed by atoms with Gasteiger partial charge in [0.05, 0.1) is 25.9 Å². The first-order valence-electron chi connectivity index (χ1n) is 4.35. The third-order valence-corrected chi connectivity index (χ3v) is 2.31. The highest BCUT2D eigenvalue weighted by atomic mass is 16.5. The Hall–Kier alpha value is -1.64. The van der Waals surface area contributed by atoms with Gasteiger partial charge in [0.2, 0.25) is 0 Å². The normalized spacial score (nSPS) is 10.5. The minimum absolute atomic E-state index is 0.796. The van der Waals surface area contributed by atoms with Crippen LogP contribution in [-0.2, 0) is 7.05 Å². The minimum Gasteiger partial charge on any atom is -0.497 e. The number of hydrogen-bond acceptors (Lipinski definition) is 2. The van der Waals surface area contributed by atoms with Crippen LogP contribution in [0, 0.1) is 6.20 Å². The molecule has 1 aromatic carbocycles. The van der Waals surface area contributed by atoms with Crippen molar-refractivity contribution in [1.82, 2.24) is 4.57 Å². The van der Waals surface area contributed by atoms with Crippen LogP contribution in [0.2, 0.25) is 0 Å². The van der Waals surface area contributed by atoms with Gasteiger partial charge in [-0.3, -0.25) is 0 Å². The lowest BCUT2D eigenvalue weighted by Crippen LogP contribution is -1.90. The Balaban J connectivity index is 2.76. The molecule has 0 bridgehead atoms. The third-order valence-electron chi connectivity index (χ3n) is 2.31. The molecule has 0 aliphatic rings. The molecule has 2 rings (SSSR count). The molecule has 1 radical (unpaired) electrons. The summed E-state index contributed by atoms with van der Waals surface area (Å²) in [6, 6.07) is 5.75. The lowest BCUT2D eigenvalue weighted by Gasteiger charge is -2.06. The van der Waals surface area contributed by atoms with Crippen molar-refractivity contribution >= 4 is 10.9 Å². The molecule has 14 heavy (non-hydrogen) atoms. The molecule has 0 fully saturated rings. The molecule has 2 aromatic rings. The molecule has 1 aromatic heterocycles. The van der Waals surface area contributed by atoms with Crippen molar-refractivity contribution < 1.29 is 9.47 Å². The van der Waals surface area contributed by atoms with Gasteiger partial charge in [-0.25, -0.2) is 0 Å². The topological polar surface area (TPSA) is 23.4 Å². The van der Waals surface area contributed by atoms with E-state index in [1.165, 1.54) is 0 Å². The van der Waals surface area contributed by atoms with Crippen LogP contribution in [0.1, 0.15) is 0 Å². The number of benzene rings is 1. The van der Waals surface area contributed by atoms with E-state index in [4.69, 9.17) is 9.47 Å². The van der Waals surface area contributed by atoms with Crippen molar-refractivity contribution in [3.8, 4) is 11.5 Å². The second-order valence-electron chi connectivity index (χ2n) is 3.09. The van der Waals surface area contributed by atoms with E-state index in [1.807, 2.05) is 29.8 Å². The highest BCUT2D eigenvalue weighted by Crippen LogP contribution is 2.30. The average molecular weight is 190 g/mol. The van der Waals surface area contributed by atoms with Crippen LogP contribution in [0.15, 0.2) is 18.2 Å². The molecule has 3 nitrogen and oxygen atoms in total. The Kier molecular flexibility index (Phi) is 2.08. The Labute approximate surface area is 82.9 Å². The van der Waals surface area contributed by atoms with Gasteiger partial charge in [0.1, 0.15) is 11.5 Å². The molecule has 1 heterocycles. The molecule has 73 valence electrons. The van der Waals surface area contributed by atoms with Crippen LogP contribution in [0.5, 0.6) is 11.5 Å². The molecule has 0 aliphatic carbocycles. The second-order valence-corrected chi connectivity index (χ2v) is 3.09. The van der Waals surface area contributed by atoms with E-state index in [9.17, 15) is 0 Å². The van der Waals surface area contributed by atoms with Crippen LogP contribution < -0.4 is 9.47 Å². The van der Waals surface area contributed by atoms with Crippen LogP contribution >= 0.6 is 0 Å². The molecule has 0 atom stereocenters. The smallest absolute Gasteiger partial charge is 0.131 e. The fourth-order valence-corrected chi connectivity index (χ4v) is 1.53. The van der Waals surface area contributed by atoms with Gasteiger partial charge in [0.25, 0.3) is 0 Å². The number of methoxy groups -OCH3 is 2. The van der Waals surface area contributed by atoms with Gasteiger partial charge in [-0.1, -0.05) is 0 Å². The lowest BCUT2D eigenvalue weighted by molar-refractivity contribution is 0.398. The van der Waals surface area contributed by atoms with E-state index in [1.54, 1.807) is 14.2 Å². The summed E-state index contributed by atoms with van der Waals surface area (Å²) in [5.41, 5.74) is 1.06. The highest BCUT2D eigenvalue weighted by molar-refractivity contribution is 5.87. The zero-order valence-corrected chi connectivity index (χ0v) is 8.50. The van der Waals surface area contributed by atoms with Crippen molar-refractivity contribution in [3.05, 3.63) is 24.4 Å². The molecule has 0 amide bonds. The van der Waals surface area contributed by atoms with E-state index >= 15 is 0 Å². The minimum atomic E-state index is 0.796. The summed E-state index contributed by atoms with van der Waals surface area (Å²) >= 11 is 0. The number of aromatic nitrogens is 1. The number of nitrogens with zero attached hydrogens (tertiary/aromatic N) is 1. The zero-order valence-electron chi connectivity index (χ0n) is 8.50. The van der Waals surface area contributed by atoms with Crippen LogP contribution in [0.25, 0.3) is 10.9 Å². The maximum atomic E-state index is 5.27. The maximum Gasteiger partial charge on any atom is 0.131 e. The SMILES string of the molecule is COc1cc(OC)c2c[c]n(C)c2c1. The van der Waals surface area contributed by atoms with Crippen molar-refractivity contribution in [1.29, 1.82) is 0 Å². The number of hydrogen-bond donors (Lipinski definition) is 0. The maximum absolute atomic E-state index is 5.27. The molecule has 0 saturated heterocycles. The Morgan fingerprint density at radius 3 is 2.64 bits per heavy atom. The molecule has 0 saturated carbocycles. The molecule has 0 N–H and O–H groups in total.